The van der Waals surface area contributed by atoms with Crippen LogP contribution in [0.3, 0.4) is 0 Å². The zero-order valence-electron chi connectivity index (χ0n) is 12.7. The Morgan fingerprint density at radius 1 is 1.29 bits per heavy atom. The van der Waals surface area contributed by atoms with Crippen molar-refractivity contribution in [1.29, 1.82) is 0 Å². The molecular formula is C15H24N2O3S. The molecule has 0 radical (unpaired) electrons. The van der Waals surface area contributed by atoms with Crippen molar-refractivity contribution in [3.8, 4) is 5.75 Å². The third kappa shape index (κ3) is 3.68. The number of nitrogens with zero attached hydrogens (tertiary/aromatic N) is 1. The Kier molecular flexibility index (Phi) is 5.11. The molecule has 2 rings (SSSR count). The number of benzene rings is 1. The standard InChI is InChI=1S/C15H24N2O3S/c1-17(11-12-6-4-3-5-7-12)21(18,19)13-8-9-15(20-2)14(16)10-13/h8-10,12H,3-7,11,16H2,1-2H3. The minimum Gasteiger partial charge on any atom is -0.495 e. The molecule has 0 heterocycles. The highest BCUT2D eigenvalue weighted by molar-refractivity contribution is 7.89. The second-order valence-electron chi connectivity index (χ2n) is 5.69. The van der Waals surface area contributed by atoms with Gasteiger partial charge in [0.15, 0.2) is 0 Å². The number of anilines is 1. The normalized spacial score (nSPS) is 17.1. The molecule has 0 bridgehead atoms. The maximum atomic E-state index is 12.6. The quantitative estimate of drug-likeness (QED) is 0.848. The van der Waals surface area contributed by atoms with Crippen LogP contribution in [0.1, 0.15) is 32.1 Å². The minimum atomic E-state index is -3.49. The lowest BCUT2D eigenvalue weighted by atomic mass is 9.89. The highest BCUT2D eigenvalue weighted by Crippen LogP contribution is 2.28. The third-order valence-corrected chi connectivity index (χ3v) is 5.97. The zero-order chi connectivity index (χ0) is 15.5. The van der Waals surface area contributed by atoms with Gasteiger partial charge in [-0.15, -0.1) is 0 Å². The van der Waals surface area contributed by atoms with E-state index in [9.17, 15) is 8.42 Å². The van der Waals surface area contributed by atoms with Gasteiger partial charge in [-0.25, -0.2) is 12.7 Å². The fourth-order valence-electron chi connectivity index (χ4n) is 2.88. The molecule has 0 amide bonds. The number of rotatable bonds is 5. The molecule has 6 heteroatoms. The topological polar surface area (TPSA) is 72.6 Å². The molecule has 0 atom stereocenters. The van der Waals surface area contributed by atoms with E-state index in [2.05, 4.69) is 0 Å². The maximum Gasteiger partial charge on any atom is 0.242 e. The maximum absolute atomic E-state index is 12.6. The van der Waals surface area contributed by atoms with E-state index in [1.54, 1.807) is 19.2 Å². The number of nitrogens with two attached hydrogens (primary N) is 1. The molecular weight excluding hydrogens is 288 g/mol. The smallest absolute Gasteiger partial charge is 0.242 e. The molecule has 0 unspecified atom stereocenters. The van der Waals surface area contributed by atoms with Gasteiger partial charge in [-0.05, 0) is 37.0 Å². The number of sulfonamides is 1. The van der Waals surface area contributed by atoms with E-state index >= 15 is 0 Å². The summed E-state index contributed by atoms with van der Waals surface area (Å²) in [6.07, 6.45) is 5.90. The average Bonchev–Trinajstić information content (AvgIpc) is 2.48. The molecule has 1 aromatic rings. The summed E-state index contributed by atoms with van der Waals surface area (Å²) < 4.78 is 31.7. The predicted molar refractivity (Wildman–Crippen MR) is 83.8 cm³/mol. The molecule has 2 N–H and O–H groups in total. The molecule has 1 aliphatic carbocycles. The molecule has 5 nitrogen and oxygen atoms in total. The van der Waals surface area contributed by atoms with E-state index < -0.39 is 10.0 Å². The summed E-state index contributed by atoms with van der Waals surface area (Å²) in [6, 6.07) is 4.60. The van der Waals surface area contributed by atoms with Gasteiger partial charge < -0.3 is 10.5 Å². The van der Waals surface area contributed by atoms with Crippen molar-refractivity contribution in [1.82, 2.24) is 4.31 Å². The zero-order valence-corrected chi connectivity index (χ0v) is 13.5. The van der Waals surface area contributed by atoms with Gasteiger partial charge in [0.25, 0.3) is 0 Å². The van der Waals surface area contributed by atoms with Gasteiger partial charge >= 0.3 is 0 Å². The van der Waals surface area contributed by atoms with Crippen LogP contribution in [0.4, 0.5) is 5.69 Å². The highest BCUT2D eigenvalue weighted by Gasteiger charge is 2.25. The monoisotopic (exact) mass is 312 g/mol. The lowest BCUT2D eigenvalue weighted by molar-refractivity contribution is 0.300. The fraction of sp³-hybridized carbons (Fsp3) is 0.600. The number of nitrogen functional groups attached to an aromatic ring is 1. The first kappa shape index (κ1) is 16.1. The molecule has 1 aromatic carbocycles. The van der Waals surface area contributed by atoms with Crippen LogP contribution in [-0.4, -0.2) is 33.4 Å². The number of ether oxygens (including phenoxy) is 1. The van der Waals surface area contributed by atoms with Crippen molar-refractivity contribution in [3.63, 3.8) is 0 Å². The Labute approximate surface area is 127 Å². The molecule has 0 aromatic heterocycles. The van der Waals surface area contributed by atoms with Gasteiger partial charge in [0.1, 0.15) is 5.75 Å². The summed E-state index contributed by atoms with van der Waals surface area (Å²) in [5.74, 6) is 0.956. The van der Waals surface area contributed by atoms with Gasteiger partial charge in [0.2, 0.25) is 10.0 Å². The Morgan fingerprint density at radius 2 is 1.95 bits per heavy atom. The predicted octanol–water partition coefficient (Wildman–Crippen LogP) is 2.48. The Hall–Kier alpha value is -1.27. The third-order valence-electron chi connectivity index (χ3n) is 4.15. The summed E-state index contributed by atoms with van der Waals surface area (Å²) in [5.41, 5.74) is 6.14. The van der Waals surface area contributed by atoms with E-state index in [1.165, 1.54) is 36.7 Å². The molecule has 1 fully saturated rings. The number of hydrogen-bond donors (Lipinski definition) is 1. The molecule has 0 spiro atoms. The Balaban J connectivity index is 2.14. The first-order chi connectivity index (χ1) is 9.95. The van der Waals surface area contributed by atoms with Gasteiger partial charge in [-0.1, -0.05) is 19.3 Å². The Morgan fingerprint density at radius 3 is 2.52 bits per heavy atom. The summed E-state index contributed by atoms with van der Waals surface area (Å²) in [7, 11) is -0.336. The van der Waals surface area contributed by atoms with E-state index in [4.69, 9.17) is 10.5 Å². The van der Waals surface area contributed by atoms with Crippen LogP contribution < -0.4 is 10.5 Å². The van der Waals surface area contributed by atoms with Crippen molar-refractivity contribution < 1.29 is 13.2 Å². The van der Waals surface area contributed by atoms with Crippen molar-refractivity contribution in [2.45, 2.75) is 37.0 Å². The highest BCUT2D eigenvalue weighted by atomic mass is 32.2. The average molecular weight is 312 g/mol. The molecule has 0 saturated heterocycles. The van der Waals surface area contributed by atoms with E-state index in [0.29, 0.717) is 23.9 Å². The molecule has 1 aliphatic rings. The van der Waals surface area contributed by atoms with E-state index in [1.807, 2.05) is 0 Å². The van der Waals surface area contributed by atoms with Crippen LogP contribution in [0.25, 0.3) is 0 Å². The van der Waals surface area contributed by atoms with Crippen molar-refractivity contribution >= 4 is 15.7 Å². The largest absolute Gasteiger partial charge is 0.495 e. The van der Waals surface area contributed by atoms with Gasteiger partial charge in [-0.3, -0.25) is 0 Å². The summed E-state index contributed by atoms with van der Waals surface area (Å²) in [6.45, 7) is 0.578. The van der Waals surface area contributed by atoms with Gasteiger partial charge in [0.05, 0.1) is 17.7 Å². The van der Waals surface area contributed by atoms with Crippen LogP contribution in [0.15, 0.2) is 23.1 Å². The SMILES string of the molecule is COc1ccc(S(=O)(=O)N(C)CC2CCCCC2)cc1N. The summed E-state index contributed by atoms with van der Waals surface area (Å²) >= 11 is 0. The molecule has 0 aliphatic heterocycles. The molecule has 21 heavy (non-hydrogen) atoms. The second kappa shape index (κ2) is 6.66. The van der Waals surface area contributed by atoms with Crippen LogP contribution >= 0.6 is 0 Å². The molecule has 1 saturated carbocycles. The van der Waals surface area contributed by atoms with Gasteiger partial charge in [-0.2, -0.15) is 0 Å². The lowest BCUT2D eigenvalue weighted by Gasteiger charge is -2.26. The van der Waals surface area contributed by atoms with E-state index in [0.717, 1.165) is 12.8 Å². The van der Waals surface area contributed by atoms with Crippen molar-refractivity contribution in [3.05, 3.63) is 18.2 Å². The second-order valence-corrected chi connectivity index (χ2v) is 7.74. The lowest BCUT2D eigenvalue weighted by Crippen LogP contribution is -2.32. The first-order valence-electron chi connectivity index (χ1n) is 7.35. The molecule has 118 valence electrons. The summed E-state index contributed by atoms with van der Waals surface area (Å²) in [5, 5.41) is 0. The summed E-state index contributed by atoms with van der Waals surface area (Å²) in [4.78, 5) is 0.221. The fourth-order valence-corrected chi connectivity index (χ4v) is 4.17. The van der Waals surface area contributed by atoms with E-state index in [-0.39, 0.29) is 4.90 Å². The minimum absolute atomic E-state index is 0.221. The van der Waals surface area contributed by atoms with Crippen LogP contribution in [-0.2, 0) is 10.0 Å². The van der Waals surface area contributed by atoms with Crippen LogP contribution in [0.2, 0.25) is 0 Å². The van der Waals surface area contributed by atoms with Crippen LogP contribution in [0.5, 0.6) is 5.75 Å². The number of methoxy groups -OCH3 is 1. The van der Waals surface area contributed by atoms with Gasteiger partial charge in [0, 0.05) is 13.6 Å². The Bertz CT molecular complexity index is 581. The first-order valence-corrected chi connectivity index (χ1v) is 8.79. The van der Waals surface area contributed by atoms with Crippen molar-refractivity contribution in [2.75, 3.05) is 26.4 Å². The van der Waals surface area contributed by atoms with Crippen molar-refractivity contribution in [2.24, 2.45) is 5.92 Å². The van der Waals surface area contributed by atoms with Crippen LogP contribution in [0, 0.1) is 5.92 Å². The number of hydrogen-bond acceptors (Lipinski definition) is 4.